The summed E-state index contributed by atoms with van der Waals surface area (Å²) in [5, 5.41) is 11.8. The average molecular weight is 367 g/mol. The summed E-state index contributed by atoms with van der Waals surface area (Å²) in [4.78, 5) is 23.0. The molecule has 2 rings (SSSR count). The van der Waals surface area contributed by atoms with Crippen molar-refractivity contribution in [2.75, 3.05) is 30.5 Å². The molecule has 0 fully saturated rings. The molecule has 0 aliphatic carbocycles. The topological polar surface area (TPSA) is 90.4 Å². The van der Waals surface area contributed by atoms with Crippen LogP contribution in [0.5, 0.6) is 5.75 Å². The van der Waals surface area contributed by atoms with Crippen molar-refractivity contribution in [2.24, 2.45) is 0 Å². The fraction of sp³-hybridized carbons (Fsp3) is 0.333. The molecule has 0 saturated carbocycles. The van der Waals surface area contributed by atoms with E-state index in [2.05, 4.69) is 15.5 Å². The normalized spacial score (nSPS) is 10.2. The highest BCUT2D eigenvalue weighted by molar-refractivity contribution is 8.00. The van der Waals surface area contributed by atoms with Gasteiger partial charge in [0.25, 0.3) is 0 Å². The number of aromatic nitrogens is 2. The first kappa shape index (κ1) is 18.2. The summed E-state index contributed by atoms with van der Waals surface area (Å²) in [6.07, 6.45) is 0. The van der Waals surface area contributed by atoms with Crippen molar-refractivity contribution in [3.05, 3.63) is 24.3 Å². The number of hydrogen-bond acceptors (Lipinski definition) is 8. The standard InChI is InChI=1S/C15H17N3O4S2/c1-3-22-13(20)9-23-8-12(19)16-15-18-17-14(24-15)10-6-4-5-7-11(10)21-2/h4-7H,3,8-9H2,1-2H3,(H,16,18,19). The number of esters is 1. The minimum absolute atomic E-state index is 0.141. The van der Waals surface area contributed by atoms with Gasteiger partial charge in [-0.25, -0.2) is 0 Å². The van der Waals surface area contributed by atoms with Crippen LogP contribution in [-0.2, 0) is 14.3 Å². The lowest BCUT2D eigenvalue weighted by atomic mass is 10.2. The molecule has 0 bridgehead atoms. The number of methoxy groups -OCH3 is 1. The van der Waals surface area contributed by atoms with Gasteiger partial charge in [0, 0.05) is 0 Å². The number of carbonyl (C=O) groups excluding carboxylic acids is 2. The molecule has 1 aromatic carbocycles. The molecule has 24 heavy (non-hydrogen) atoms. The van der Waals surface area contributed by atoms with Gasteiger partial charge in [0.1, 0.15) is 5.75 Å². The Bertz CT molecular complexity index is 706. The van der Waals surface area contributed by atoms with Gasteiger partial charge in [0.15, 0.2) is 5.01 Å². The first-order valence-corrected chi connectivity index (χ1v) is 9.11. The maximum Gasteiger partial charge on any atom is 0.315 e. The Morgan fingerprint density at radius 3 is 2.79 bits per heavy atom. The molecule has 0 unspecified atom stereocenters. The number of thioether (sulfide) groups is 1. The van der Waals surface area contributed by atoms with Crippen molar-refractivity contribution in [1.82, 2.24) is 10.2 Å². The highest BCUT2D eigenvalue weighted by Crippen LogP contribution is 2.33. The van der Waals surface area contributed by atoms with Crippen molar-refractivity contribution in [3.63, 3.8) is 0 Å². The summed E-state index contributed by atoms with van der Waals surface area (Å²) in [6.45, 7) is 2.08. The molecule has 1 amide bonds. The third-order valence-electron chi connectivity index (χ3n) is 2.77. The van der Waals surface area contributed by atoms with Gasteiger partial charge >= 0.3 is 5.97 Å². The van der Waals surface area contributed by atoms with Crippen LogP contribution in [0.15, 0.2) is 24.3 Å². The Morgan fingerprint density at radius 1 is 1.25 bits per heavy atom. The number of carbonyl (C=O) groups is 2. The van der Waals surface area contributed by atoms with Crippen molar-refractivity contribution in [3.8, 4) is 16.3 Å². The minimum atomic E-state index is -0.329. The van der Waals surface area contributed by atoms with Gasteiger partial charge in [-0.3, -0.25) is 14.9 Å². The zero-order chi connectivity index (χ0) is 17.4. The molecule has 1 heterocycles. The monoisotopic (exact) mass is 367 g/mol. The molecule has 0 aliphatic rings. The predicted molar refractivity (Wildman–Crippen MR) is 94.5 cm³/mol. The van der Waals surface area contributed by atoms with E-state index in [4.69, 9.17) is 9.47 Å². The van der Waals surface area contributed by atoms with Gasteiger partial charge in [0.05, 0.1) is 30.8 Å². The molecule has 0 atom stereocenters. The number of anilines is 1. The molecule has 0 saturated heterocycles. The number of amides is 1. The zero-order valence-electron chi connectivity index (χ0n) is 13.3. The van der Waals surface area contributed by atoms with E-state index < -0.39 is 0 Å². The van der Waals surface area contributed by atoms with Gasteiger partial charge in [-0.1, -0.05) is 23.5 Å². The molecule has 9 heteroatoms. The third-order valence-corrected chi connectivity index (χ3v) is 4.55. The number of para-hydroxylation sites is 1. The average Bonchev–Trinajstić information content (AvgIpc) is 3.03. The van der Waals surface area contributed by atoms with Crippen molar-refractivity contribution in [1.29, 1.82) is 0 Å². The molecular weight excluding hydrogens is 350 g/mol. The lowest BCUT2D eigenvalue weighted by Gasteiger charge is -2.04. The van der Waals surface area contributed by atoms with Crippen molar-refractivity contribution >= 4 is 40.1 Å². The maximum absolute atomic E-state index is 11.9. The highest BCUT2D eigenvalue weighted by Gasteiger charge is 2.13. The van der Waals surface area contributed by atoms with Crippen LogP contribution in [0.25, 0.3) is 10.6 Å². The fourth-order valence-corrected chi connectivity index (χ4v) is 3.19. The molecule has 7 nitrogen and oxygen atoms in total. The number of rotatable bonds is 8. The second kappa shape index (κ2) is 9.24. The molecule has 1 N–H and O–H groups in total. The molecule has 0 radical (unpaired) electrons. The molecule has 2 aromatic rings. The number of ether oxygens (including phenoxy) is 2. The van der Waals surface area contributed by atoms with Crippen molar-refractivity contribution in [2.45, 2.75) is 6.92 Å². The first-order valence-electron chi connectivity index (χ1n) is 7.14. The summed E-state index contributed by atoms with van der Waals surface area (Å²) in [7, 11) is 1.59. The molecule has 1 aromatic heterocycles. The first-order chi connectivity index (χ1) is 11.6. The molecular formula is C15H17N3O4S2. The Morgan fingerprint density at radius 2 is 2.04 bits per heavy atom. The Kier molecular flexibility index (Phi) is 7.01. The number of nitrogens with zero attached hydrogens (tertiary/aromatic N) is 2. The van der Waals surface area contributed by atoms with Crippen LogP contribution < -0.4 is 10.1 Å². The van der Waals surface area contributed by atoms with E-state index in [9.17, 15) is 9.59 Å². The van der Waals surface area contributed by atoms with Crippen LogP contribution in [0, 0.1) is 0 Å². The maximum atomic E-state index is 11.9. The Labute approximate surface area is 147 Å². The summed E-state index contributed by atoms with van der Waals surface area (Å²) < 4.78 is 10.1. The summed E-state index contributed by atoms with van der Waals surface area (Å²) in [6, 6.07) is 7.46. The third kappa shape index (κ3) is 5.20. The van der Waals surface area contributed by atoms with Crippen LogP contribution in [0.3, 0.4) is 0 Å². The van der Waals surface area contributed by atoms with Crippen LogP contribution in [0.4, 0.5) is 5.13 Å². The summed E-state index contributed by atoms with van der Waals surface area (Å²) >= 11 is 2.44. The van der Waals surface area contributed by atoms with E-state index in [0.29, 0.717) is 22.5 Å². The second-order valence-corrected chi connectivity index (χ2v) is 6.42. The highest BCUT2D eigenvalue weighted by atomic mass is 32.2. The second-order valence-electron chi connectivity index (χ2n) is 4.46. The van der Waals surface area contributed by atoms with Gasteiger partial charge in [-0.2, -0.15) is 0 Å². The Hall–Kier alpha value is -2.13. The van der Waals surface area contributed by atoms with Crippen LogP contribution >= 0.6 is 23.1 Å². The Balaban J connectivity index is 1.89. The summed E-state index contributed by atoms with van der Waals surface area (Å²) in [5.74, 6) is 0.403. The molecule has 0 spiro atoms. The lowest BCUT2D eigenvalue weighted by molar-refractivity contribution is -0.139. The minimum Gasteiger partial charge on any atom is -0.496 e. The van der Waals surface area contributed by atoms with Gasteiger partial charge in [0.2, 0.25) is 11.0 Å². The van der Waals surface area contributed by atoms with Crippen molar-refractivity contribution < 1.29 is 19.1 Å². The number of benzene rings is 1. The van der Waals surface area contributed by atoms with Crippen LogP contribution in [0.2, 0.25) is 0 Å². The van der Waals surface area contributed by atoms with Crippen LogP contribution in [-0.4, -0.2) is 47.3 Å². The lowest BCUT2D eigenvalue weighted by Crippen LogP contribution is -2.16. The molecule has 128 valence electrons. The smallest absolute Gasteiger partial charge is 0.315 e. The van der Waals surface area contributed by atoms with Gasteiger partial charge < -0.3 is 9.47 Å². The predicted octanol–water partition coefficient (Wildman–Crippen LogP) is 2.45. The zero-order valence-corrected chi connectivity index (χ0v) is 14.9. The van der Waals surface area contributed by atoms with E-state index in [1.54, 1.807) is 14.0 Å². The van der Waals surface area contributed by atoms with Crippen LogP contribution in [0.1, 0.15) is 6.92 Å². The molecule has 0 aliphatic heterocycles. The van der Waals surface area contributed by atoms with E-state index in [-0.39, 0.29) is 23.4 Å². The fourth-order valence-electron chi connectivity index (χ4n) is 1.79. The number of hydrogen-bond donors (Lipinski definition) is 1. The summed E-state index contributed by atoms with van der Waals surface area (Å²) in [5.41, 5.74) is 0.815. The van der Waals surface area contributed by atoms with E-state index >= 15 is 0 Å². The van der Waals surface area contributed by atoms with E-state index in [1.807, 2.05) is 24.3 Å². The quantitative estimate of drug-likeness (QED) is 0.717. The SMILES string of the molecule is CCOC(=O)CSCC(=O)Nc1nnc(-c2ccccc2OC)s1. The van der Waals surface area contributed by atoms with Gasteiger partial charge in [-0.15, -0.1) is 22.0 Å². The van der Waals surface area contributed by atoms with Gasteiger partial charge in [-0.05, 0) is 19.1 Å². The number of nitrogens with one attached hydrogen (secondary N) is 1. The largest absolute Gasteiger partial charge is 0.496 e. The van der Waals surface area contributed by atoms with E-state index in [1.165, 1.54) is 23.1 Å². The van der Waals surface area contributed by atoms with E-state index in [0.717, 1.165) is 5.56 Å².